The largest absolute Gasteiger partial charge is 0.505 e. The highest BCUT2D eigenvalue weighted by molar-refractivity contribution is 7.94. The van der Waals surface area contributed by atoms with E-state index in [9.17, 15) is 13.5 Å². The molecule has 3 aromatic carbocycles. The van der Waals surface area contributed by atoms with Gasteiger partial charge in [-0.1, -0.05) is 16.1 Å². The zero-order valence-corrected chi connectivity index (χ0v) is 27.0. The molecule has 4 aromatic rings. The monoisotopic (exact) mass is 729 g/mol. The summed E-state index contributed by atoms with van der Waals surface area (Å²) in [5, 5.41) is 47.4. The molecule has 0 bridgehead atoms. The summed E-state index contributed by atoms with van der Waals surface area (Å²) >= 11 is 7.02. The molecule has 18 nitrogen and oxygen atoms in total. The summed E-state index contributed by atoms with van der Waals surface area (Å²) in [5.74, 6) is -0.0729. The van der Waals surface area contributed by atoms with Crippen molar-refractivity contribution in [3.05, 3.63) is 53.8 Å². The summed E-state index contributed by atoms with van der Waals surface area (Å²) in [7, 11) is -3.72. The Bertz CT molecular complexity index is 1820. The Kier molecular flexibility index (Phi) is 12.3. The van der Waals surface area contributed by atoms with Gasteiger partial charge in [0.05, 0.1) is 53.1 Å². The second-order valence-electron chi connectivity index (χ2n) is 9.23. The lowest BCUT2D eigenvalue weighted by molar-refractivity contribution is -0.434. The highest BCUT2D eigenvalue weighted by Crippen LogP contribution is 2.44. The first-order chi connectivity index (χ1) is 22.8. The minimum atomic E-state index is -3.72. The molecule has 0 spiro atoms. The number of fused-ring (bicyclic) bond motifs is 1. The third-order valence-corrected chi connectivity index (χ3v) is 9.22. The first-order valence-corrected chi connectivity index (χ1v) is 16.7. The van der Waals surface area contributed by atoms with Gasteiger partial charge in [-0.25, -0.2) is 18.9 Å². The van der Waals surface area contributed by atoms with Crippen molar-refractivity contribution in [3.8, 4) is 5.75 Å². The Hall–Kier alpha value is -3.45. The van der Waals surface area contributed by atoms with Crippen LogP contribution in [0.15, 0.2) is 68.6 Å². The quantitative estimate of drug-likeness (QED) is 0.0384. The van der Waals surface area contributed by atoms with Crippen molar-refractivity contribution >= 4 is 85.5 Å². The molecule has 0 atom stereocenters. The molecule has 1 fully saturated rings. The Morgan fingerprint density at radius 1 is 1.00 bits per heavy atom. The first kappa shape index (κ1) is 34.9. The normalized spacial score (nSPS) is 13.9. The van der Waals surface area contributed by atoms with Crippen molar-refractivity contribution in [2.24, 2.45) is 10.2 Å². The van der Waals surface area contributed by atoms with Gasteiger partial charge >= 0.3 is 0 Å². The van der Waals surface area contributed by atoms with Crippen LogP contribution in [-0.2, 0) is 37.5 Å². The molecular weight excluding hydrogens is 706 g/mol. The van der Waals surface area contributed by atoms with Gasteiger partial charge in [-0.3, -0.25) is 4.18 Å². The van der Waals surface area contributed by atoms with Crippen LogP contribution >= 0.6 is 36.0 Å². The van der Waals surface area contributed by atoms with E-state index in [0.29, 0.717) is 60.8 Å². The number of aromatic nitrogens is 3. The number of phenolic OH excluding ortho intramolecular Hbond substituents is 1. The van der Waals surface area contributed by atoms with Crippen molar-refractivity contribution in [1.82, 2.24) is 15.0 Å². The van der Waals surface area contributed by atoms with E-state index in [1.165, 1.54) is 24.3 Å². The summed E-state index contributed by atoms with van der Waals surface area (Å²) < 4.78 is 43.9. The molecule has 250 valence electrons. The molecule has 0 aliphatic carbocycles. The topological polar surface area (TPSA) is 229 Å². The number of nitrogens with zero attached hydrogens (tertiary/aromatic N) is 6. The third kappa shape index (κ3) is 9.34. The van der Waals surface area contributed by atoms with Crippen LogP contribution in [0.4, 0.5) is 29.0 Å². The molecule has 4 N–H and O–H groups in total. The Labute approximate surface area is 279 Å². The van der Waals surface area contributed by atoms with Crippen LogP contribution in [0.2, 0.25) is 5.28 Å². The van der Waals surface area contributed by atoms with Crippen molar-refractivity contribution in [3.63, 3.8) is 0 Å². The van der Waals surface area contributed by atoms with Gasteiger partial charge in [-0.05, 0) is 59.5 Å². The van der Waals surface area contributed by atoms with Crippen LogP contribution < -0.4 is 10.2 Å². The fourth-order valence-electron chi connectivity index (χ4n) is 4.22. The molecule has 1 aliphatic rings. The molecule has 22 heteroatoms. The smallest absolute Gasteiger partial charge is 0.233 e. The Morgan fingerprint density at radius 2 is 1.77 bits per heavy atom. The molecule has 5 rings (SSSR count). The predicted octanol–water partition coefficient (Wildman–Crippen LogP) is 5.58. The minimum absolute atomic E-state index is 0.000715. The number of hydrogen-bond donors (Lipinski definition) is 4. The lowest BCUT2D eigenvalue weighted by atomic mass is 10.1. The van der Waals surface area contributed by atoms with Crippen LogP contribution in [0.25, 0.3) is 10.8 Å². The lowest BCUT2D eigenvalue weighted by Gasteiger charge is -2.26. The van der Waals surface area contributed by atoms with E-state index in [-0.39, 0.29) is 62.8 Å². The van der Waals surface area contributed by atoms with Crippen LogP contribution in [0.1, 0.15) is 0 Å². The second-order valence-corrected chi connectivity index (χ2v) is 12.9. The number of azo groups is 1. The fraction of sp³-hybridized carbons (Fsp3) is 0.240. The van der Waals surface area contributed by atoms with Gasteiger partial charge in [-0.15, -0.1) is 13.8 Å². The zero-order chi connectivity index (χ0) is 33.2. The summed E-state index contributed by atoms with van der Waals surface area (Å²) in [6.07, 6.45) is 0. The van der Waals surface area contributed by atoms with Crippen LogP contribution in [0.3, 0.4) is 0 Å². The maximum atomic E-state index is 12.5. The molecule has 0 radical (unpaired) electrons. The number of morpholine rings is 1. The maximum absolute atomic E-state index is 12.5. The third-order valence-electron chi connectivity index (χ3n) is 6.36. The van der Waals surface area contributed by atoms with Crippen LogP contribution in [-0.4, -0.2) is 77.7 Å². The van der Waals surface area contributed by atoms with Gasteiger partial charge in [0, 0.05) is 24.2 Å². The molecular formula is C25H24ClN7O11S3. The number of rotatable bonds is 15. The molecule has 1 aliphatic heterocycles. The van der Waals surface area contributed by atoms with Gasteiger partial charge in [-0.2, -0.15) is 20.1 Å². The van der Waals surface area contributed by atoms with Gasteiger partial charge in [0.25, 0.3) is 0 Å². The zero-order valence-electron chi connectivity index (χ0n) is 23.8. The minimum Gasteiger partial charge on any atom is -0.505 e. The van der Waals surface area contributed by atoms with Gasteiger partial charge < -0.3 is 20.1 Å². The number of ether oxygens (including phenoxy) is 1. The average Bonchev–Trinajstić information content (AvgIpc) is 3.07. The number of benzene rings is 3. The van der Waals surface area contributed by atoms with E-state index < -0.39 is 9.84 Å². The number of halogens is 1. The molecule has 0 amide bonds. The van der Waals surface area contributed by atoms with E-state index in [4.69, 9.17) is 31.0 Å². The number of nitrogens with one attached hydrogen (secondary N) is 1. The fourth-order valence-corrected chi connectivity index (χ4v) is 6.28. The summed E-state index contributed by atoms with van der Waals surface area (Å²) in [5.41, 5.74) is 0.739. The molecule has 0 saturated carbocycles. The SMILES string of the molecule is O=S(=O)(CCOSOOO)c1ccc(N=Nc2c(SOOO)cc3ccc(Nc4nc(Cl)nc(N5CCOCC5)n4)cc3c2O)cc1. The summed E-state index contributed by atoms with van der Waals surface area (Å²) in [6.45, 7) is 2.03. The van der Waals surface area contributed by atoms with Crippen LogP contribution in [0, 0.1) is 0 Å². The number of anilines is 3. The highest BCUT2D eigenvalue weighted by atomic mass is 35.5. The van der Waals surface area contributed by atoms with Crippen molar-refractivity contribution in [2.75, 3.05) is 48.9 Å². The number of aromatic hydroxyl groups is 1. The van der Waals surface area contributed by atoms with E-state index in [1.807, 2.05) is 4.90 Å². The van der Waals surface area contributed by atoms with E-state index in [2.05, 4.69) is 49.2 Å². The van der Waals surface area contributed by atoms with Crippen LogP contribution in [0.5, 0.6) is 5.75 Å². The second kappa shape index (κ2) is 16.6. The van der Waals surface area contributed by atoms with E-state index >= 15 is 0 Å². The molecule has 2 heterocycles. The van der Waals surface area contributed by atoms with E-state index in [0.717, 1.165) is 0 Å². The highest BCUT2D eigenvalue weighted by Gasteiger charge is 2.19. The number of sulfone groups is 1. The Balaban J connectivity index is 1.38. The molecule has 47 heavy (non-hydrogen) atoms. The van der Waals surface area contributed by atoms with Gasteiger partial charge in [0.15, 0.2) is 27.9 Å². The van der Waals surface area contributed by atoms with Crippen molar-refractivity contribution in [1.29, 1.82) is 0 Å². The number of phenols is 1. The van der Waals surface area contributed by atoms with Crippen molar-refractivity contribution in [2.45, 2.75) is 9.79 Å². The molecule has 1 aromatic heterocycles. The first-order valence-electron chi connectivity index (χ1n) is 13.2. The summed E-state index contributed by atoms with van der Waals surface area (Å²) in [6, 6.07) is 12.2. The molecule has 0 unspecified atom stereocenters. The average molecular weight is 730 g/mol. The Morgan fingerprint density at radius 3 is 2.51 bits per heavy atom. The van der Waals surface area contributed by atoms with Crippen molar-refractivity contribution < 1.29 is 51.7 Å². The van der Waals surface area contributed by atoms with Gasteiger partial charge in [0.1, 0.15) is 5.69 Å². The summed E-state index contributed by atoms with van der Waals surface area (Å²) in [4.78, 5) is 15.0. The molecule has 1 saturated heterocycles. The maximum Gasteiger partial charge on any atom is 0.233 e. The lowest BCUT2D eigenvalue weighted by Crippen LogP contribution is -2.37. The van der Waals surface area contributed by atoms with Gasteiger partial charge in [0.2, 0.25) is 17.2 Å². The van der Waals surface area contributed by atoms with E-state index in [1.54, 1.807) is 24.3 Å². The number of hydrogen-bond acceptors (Lipinski definition) is 20. The standard InChI is InChI=1S/C25H24ClN7O11S3/c26-23-28-24(30-25(29-23)33-7-9-39-10-8-33)27-17-2-1-15-13-20(45-43-41-35)21(22(34)19(15)14-17)32-31-16-3-5-18(6-4-16)47(37,38)12-11-40-46-44-42-36/h1-6,13-14,34-36H,7-12H2,(H,27,28,29,30). The predicted molar refractivity (Wildman–Crippen MR) is 168 cm³/mol.